The molecule has 6 aromatic rings. The Morgan fingerprint density at radius 1 is 0.414 bits per heavy atom. The largest absolute Gasteiger partial charge is 0.311 e. The lowest BCUT2D eigenvalue weighted by molar-refractivity contribution is 0.332. The first-order chi connectivity index (χ1) is 32.5. The Morgan fingerprint density at radius 3 is 1.36 bits per heavy atom. The predicted octanol–water partition coefficient (Wildman–Crippen LogP) is 16.3. The molecule has 4 aliphatic carbocycles. The first-order valence-corrected chi connectivity index (χ1v) is 27.0. The summed E-state index contributed by atoms with van der Waals surface area (Å²) in [5.74, 6) is 0. The highest BCUT2D eigenvalue weighted by Crippen LogP contribution is 2.59. The molecular formula is C67H79BN2. The minimum Gasteiger partial charge on any atom is -0.311 e. The normalized spacial score (nSPS) is 21.4. The van der Waals surface area contributed by atoms with Gasteiger partial charge in [0.05, 0.1) is 5.69 Å². The van der Waals surface area contributed by atoms with E-state index in [1.54, 1.807) is 0 Å². The molecule has 0 saturated carbocycles. The van der Waals surface area contributed by atoms with Crippen molar-refractivity contribution in [3.8, 4) is 11.1 Å². The summed E-state index contributed by atoms with van der Waals surface area (Å²) < 4.78 is 0. The zero-order valence-corrected chi connectivity index (χ0v) is 46.2. The van der Waals surface area contributed by atoms with Crippen molar-refractivity contribution in [2.75, 3.05) is 9.80 Å². The van der Waals surface area contributed by atoms with Crippen LogP contribution in [0.3, 0.4) is 0 Å². The van der Waals surface area contributed by atoms with Crippen LogP contribution in [0.15, 0.2) is 91.0 Å². The van der Waals surface area contributed by atoms with E-state index in [0.717, 1.165) is 6.42 Å². The molecule has 0 unspecified atom stereocenters. The number of hydrogen-bond acceptors (Lipinski definition) is 2. The second-order valence-electron chi connectivity index (χ2n) is 28.7. The van der Waals surface area contributed by atoms with Gasteiger partial charge in [0.25, 0.3) is 6.71 Å². The second kappa shape index (κ2) is 13.9. The summed E-state index contributed by atoms with van der Waals surface area (Å²) in [5, 5.41) is 0. The summed E-state index contributed by atoms with van der Waals surface area (Å²) >= 11 is 0. The Labute approximate surface area is 422 Å². The van der Waals surface area contributed by atoms with Crippen LogP contribution in [0.1, 0.15) is 205 Å². The summed E-state index contributed by atoms with van der Waals surface area (Å²) in [6, 6.07) is 37.8. The van der Waals surface area contributed by atoms with Gasteiger partial charge in [0, 0.05) is 33.9 Å². The number of hydrogen-bond donors (Lipinski definition) is 0. The standard InChI is InChI=1S/C67H79BN2/c1-39-30-44-49(66(15,16)38-65(44,13)14)35-53(39)70-55-37-48-46(62(7,8)27-29-64(48,11)12)34-51(55)68-50-33-45-47(63(9,10)28-26-61(45,5)6)36-54(50)69(56-31-40(60(2,3)4)32-57(70)59(56)68)52-25-21-23-42-41-22-19-20-24-43(41)67(17,18)58(42)52/h19-25,30-37H,26-29,38H2,1-18H3. The summed E-state index contributed by atoms with van der Waals surface area (Å²) in [4.78, 5) is 5.58. The van der Waals surface area contributed by atoms with Crippen LogP contribution in [0.2, 0.25) is 0 Å². The van der Waals surface area contributed by atoms with Crippen LogP contribution in [0.5, 0.6) is 0 Å². The molecule has 0 saturated heterocycles. The average Bonchev–Trinajstić information content (AvgIpc) is 3.62. The van der Waals surface area contributed by atoms with Crippen molar-refractivity contribution in [2.45, 2.75) is 200 Å². The molecule has 2 aliphatic heterocycles. The summed E-state index contributed by atoms with van der Waals surface area (Å²) in [7, 11) is 0. The lowest BCUT2D eigenvalue weighted by Gasteiger charge is -2.49. The van der Waals surface area contributed by atoms with Crippen LogP contribution in [0, 0.1) is 6.92 Å². The molecule has 2 nitrogen and oxygen atoms in total. The number of benzene rings is 6. The highest BCUT2D eigenvalue weighted by atomic mass is 15.2. The minimum absolute atomic E-state index is 0.0425. The van der Waals surface area contributed by atoms with Crippen LogP contribution in [0.4, 0.5) is 34.1 Å². The van der Waals surface area contributed by atoms with Gasteiger partial charge < -0.3 is 9.80 Å². The van der Waals surface area contributed by atoms with Gasteiger partial charge in [-0.05, 0) is 196 Å². The van der Waals surface area contributed by atoms with Gasteiger partial charge in [0.2, 0.25) is 0 Å². The SMILES string of the molecule is Cc1cc2c(cc1N1c3cc4c(cc3B3c5cc6c(cc5N(c5cccc7c5C(C)(C)c5ccccc5-7)c5cc(C(C)(C)C)cc1c53)C(C)(C)CCC6(C)C)C(C)(C)CCC4(C)C)C(C)(C)CC2(C)C. The Kier molecular flexibility index (Phi) is 9.17. The zero-order chi connectivity index (χ0) is 50.0. The molecule has 2 heterocycles. The van der Waals surface area contributed by atoms with Gasteiger partial charge in [0.15, 0.2) is 0 Å². The smallest absolute Gasteiger partial charge is 0.252 e. The van der Waals surface area contributed by atoms with Crippen molar-refractivity contribution >= 4 is 57.2 Å². The molecule has 6 aromatic carbocycles. The Balaban J connectivity index is 1.27. The number of rotatable bonds is 2. The van der Waals surface area contributed by atoms with Crippen LogP contribution in [0.25, 0.3) is 11.1 Å². The van der Waals surface area contributed by atoms with Crippen LogP contribution in [-0.4, -0.2) is 6.71 Å². The third-order valence-corrected chi connectivity index (χ3v) is 19.6. The van der Waals surface area contributed by atoms with Crippen molar-refractivity contribution in [3.63, 3.8) is 0 Å². The molecule has 360 valence electrons. The van der Waals surface area contributed by atoms with Crippen LogP contribution < -0.4 is 26.2 Å². The third-order valence-electron chi connectivity index (χ3n) is 19.6. The molecule has 0 spiro atoms. The lowest BCUT2D eigenvalue weighted by atomic mass is 9.32. The van der Waals surface area contributed by atoms with Crippen molar-refractivity contribution in [2.24, 2.45) is 0 Å². The van der Waals surface area contributed by atoms with Gasteiger partial charge in [-0.2, -0.15) is 0 Å². The highest BCUT2D eigenvalue weighted by molar-refractivity contribution is 7.00. The van der Waals surface area contributed by atoms with E-state index in [2.05, 4.69) is 225 Å². The van der Waals surface area contributed by atoms with E-state index < -0.39 is 0 Å². The maximum atomic E-state index is 2.79. The number of anilines is 6. The Hall–Kier alpha value is -5.02. The number of fused-ring (bicyclic) bond motifs is 10. The Bertz CT molecular complexity index is 3290. The van der Waals surface area contributed by atoms with E-state index in [9.17, 15) is 0 Å². The van der Waals surface area contributed by atoms with E-state index in [0.29, 0.717) is 0 Å². The fourth-order valence-corrected chi connectivity index (χ4v) is 15.4. The van der Waals surface area contributed by atoms with E-state index in [4.69, 9.17) is 0 Å². The van der Waals surface area contributed by atoms with E-state index in [-0.39, 0.29) is 50.0 Å². The maximum Gasteiger partial charge on any atom is 0.252 e. The van der Waals surface area contributed by atoms with Crippen LogP contribution >= 0.6 is 0 Å². The maximum absolute atomic E-state index is 2.79. The molecule has 0 fully saturated rings. The van der Waals surface area contributed by atoms with Gasteiger partial charge in [-0.1, -0.05) is 172 Å². The van der Waals surface area contributed by atoms with Crippen molar-refractivity contribution < 1.29 is 0 Å². The molecule has 0 radical (unpaired) electrons. The first kappa shape index (κ1) is 46.1. The van der Waals surface area contributed by atoms with Crippen molar-refractivity contribution in [3.05, 3.63) is 147 Å². The molecular weight excluding hydrogens is 844 g/mol. The average molecular weight is 923 g/mol. The molecule has 12 rings (SSSR count). The quantitative estimate of drug-likeness (QED) is 0.159. The first-order valence-electron chi connectivity index (χ1n) is 27.0. The molecule has 0 atom stereocenters. The van der Waals surface area contributed by atoms with Gasteiger partial charge >= 0.3 is 0 Å². The van der Waals surface area contributed by atoms with E-state index in [1.165, 1.54) is 143 Å². The summed E-state index contributed by atoms with van der Waals surface area (Å²) in [5.41, 5.74) is 29.9. The molecule has 0 N–H and O–H groups in total. The molecule has 0 aromatic heterocycles. The second-order valence-corrected chi connectivity index (χ2v) is 28.7. The third kappa shape index (κ3) is 6.17. The van der Waals surface area contributed by atoms with Gasteiger partial charge in [0.1, 0.15) is 0 Å². The fourth-order valence-electron chi connectivity index (χ4n) is 15.4. The fraction of sp³-hybridized carbons (Fsp3) is 0.463. The Morgan fingerprint density at radius 2 is 0.843 bits per heavy atom. The lowest BCUT2D eigenvalue weighted by Crippen LogP contribution is -2.62. The topological polar surface area (TPSA) is 6.48 Å². The number of aryl methyl sites for hydroxylation is 1. The summed E-state index contributed by atoms with van der Waals surface area (Å²) in [6.07, 6.45) is 5.87. The van der Waals surface area contributed by atoms with Gasteiger partial charge in [-0.3, -0.25) is 0 Å². The monoisotopic (exact) mass is 923 g/mol. The van der Waals surface area contributed by atoms with Gasteiger partial charge in [-0.15, -0.1) is 0 Å². The minimum atomic E-state index is -0.200. The van der Waals surface area contributed by atoms with Gasteiger partial charge in [-0.25, -0.2) is 0 Å². The van der Waals surface area contributed by atoms with E-state index in [1.807, 2.05) is 0 Å². The molecule has 0 bridgehead atoms. The molecule has 70 heavy (non-hydrogen) atoms. The van der Waals surface area contributed by atoms with Crippen molar-refractivity contribution in [1.82, 2.24) is 0 Å². The number of nitrogens with zero attached hydrogens (tertiary/aromatic N) is 2. The molecule has 3 heteroatoms. The molecule has 0 amide bonds. The van der Waals surface area contributed by atoms with Crippen molar-refractivity contribution in [1.29, 1.82) is 0 Å². The molecule has 6 aliphatic rings. The van der Waals surface area contributed by atoms with E-state index >= 15 is 0 Å². The highest BCUT2D eigenvalue weighted by Gasteiger charge is 2.51. The predicted molar refractivity (Wildman–Crippen MR) is 303 cm³/mol. The summed E-state index contributed by atoms with van der Waals surface area (Å²) in [6.45, 7) is 44.7. The van der Waals surface area contributed by atoms with Crippen LogP contribution in [-0.2, 0) is 43.3 Å². The zero-order valence-electron chi connectivity index (χ0n) is 46.2.